The number of thioether (sulfide) groups is 1. The van der Waals surface area contributed by atoms with Crippen LogP contribution < -0.4 is 19.5 Å². The number of hydrogen-bond acceptors (Lipinski definition) is 7. The van der Waals surface area contributed by atoms with Gasteiger partial charge in [0, 0.05) is 17.7 Å². The van der Waals surface area contributed by atoms with Gasteiger partial charge in [-0.3, -0.25) is 4.79 Å². The summed E-state index contributed by atoms with van der Waals surface area (Å²) in [7, 11) is 1.61. The summed E-state index contributed by atoms with van der Waals surface area (Å²) in [5, 5.41) is 12.0. The predicted octanol–water partition coefficient (Wildman–Crippen LogP) is 3.29. The third-order valence-corrected chi connectivity index (χ3v) is 5.25. The molecule has 1 aliphatic heterocycles. The Morgan fingerprint density at radius 1 is 1.10 bits per heavy atom. The highest BCUT2D eigenvalue weighted by Crippen LogP contribution is 2.35. The zero-order valence-electron chi connectivity index (χ0n) is 15.8. The quantitative estimate of drug-likeness (QED) is 0.600. The summed E-state index contributed by atoms with van der Waals surface area (Å²) < 4.78 is 16.0. The molecule has 3 aromatic rings. The van der Waals surface area contributed by atoms with E-state index in [1.807, 2.05) is 54.6 Å². The molecule has 0 atom stereocenters. The average molecular weight is 409 g/mol. The summed E-state index contributed by atoms with van der Waals surface area (Å²) in [5.41, 5.74) is 2.56. The van der Waals surface area contributed by atoms with E-state index in [2.05, 4.69) is 15.5 Å². The number of carbonyl (C=O) groups is 1. The number of rotatable bonds is 7. The molecule has 0 spiro atoms. The first-order chi connectivity index (χ1) is 14.2. The molecule has 0 radical (unpaired) electrons. The van der Waals surface area contributed by atoms with Crippen LogP contribution in [0.3, 0.4) is 0 Å². The van der Waals surface area contributed by atoms with Crippen molar-refractivity contribution in [2.45, 2.75) is 11.6 Å². The van der Waals surface area contributed by atoms with Crippen molar-refractivity contribution >= 4 is 17.7 Å². The van der Waals surface area contributed by atoms with Crippen molar-refractivity contribution in [3.05, 3.63) is 60.2 Å². The zero-order valence-corrected chi connectivity index (χ0v) is 16.6. The van der Waals surface area contributed by atoms with Crippen molar-refractivity contribution in [3.8, 4) is 28.5 Å². The van der Waals surface area contributed by atoms with E-state index in [1.165, 1.54) is 11.8 Å². The minimum atomic E-state index is -0.0810. The SMILES string of the molecule is COc1ccccc1CNC(=O)CSc1ccc(-c2ccc3c(c2)OCO3)nn1. The number of benzene rings is 2. The van der Waals surface area contributed by atoms with Gasteiger partial charge in [0.05, 0.1) is 18.6 Å². The first kappa shape index (κ1) is 19.1. The molecule has 0 saturated carbocycles. The fourth-order valence-corrected chi connectivity index (χ4v) is 3.48. The van der Waals surface area contributed by atoms with E-state index in [0.717, 1.165) is 28.3 Å². The molecule has 1 N–H and O–H groups in total. The normalized spacial score (nSPS) is 11.9. The maximum absolute atomic E-state index is 12.1. The summed E-state index contributed by atoms with van der Waals surface area (Å²) >= 11 is 1.34. The maximum Gasteiger partial charge on any atom is 0.231 e. The zero-order chi connectivity index (χ0) is 20.1. The molecule has 7 nitrogen and oxygen atoms in total. The van der Waals surface area contributed by atoms with Gasteiger partial charge in [0.1, 0.15) is 10.8 Å². The lowest BCUT2D eigenvalue weighted by atomic mass is 10.1. The minimum Gasteiger partial charge on any atom is -0.496 e. The van der Waals surface area contributed by atoms with Crippen LogP contribution in [0.15, 0.2) is 59.6 Å². The van der Waals surface area contributed by atoms with Crippen molar-refractivity contribution in [1.82, 2.24) is 15.5 Å². The van der Waals surface area contributed by atoms with Crippen LogP contribution in [0.4, 0.5) is 0 Å². The van der Waals surface area contributed by atoms with Gasteiger partial charge < -0.3 is 19.5 Å². The summed E-state index contributed by atoms with van der Waals surface area (Å²) in [6, 6.07) is 17.0. The highest BCUT2D eigenvalue weighted by atomic mass is 32.2. The van der Waals surface area contributed by atoms with E-state index in [1.54, 1.807) is 7.11 Å². The number of nitrogens with zero attached hydrogens (tertiary/aromatic N) is 2. The van der Waals surface area contributed by atoms with Crippen LogP contribution in [-0.4, -0.2) is 35.8 Å². The molecule has 1 amide bonds. The molecule has 1 aromatic heterocycles. The van der Waals surface area contributed by atoms with Crippen LogP contribution in [0.25, 0.3) is 11.3 Å². The number of amides is 1. The molecule has 29 heavy (non-hydrogen) atoms. The third kappa shape index (κ3) is 4.60. The first-order valence-electron chi connectivity index (χ1n) is 8.98. The molecule has 1 aliphatic rings. The lowest BCUT2D eigenvalue weighted by Gasteiger charge is -2.09. The summed E-state index contributed by atoms with van der Waals surface area (Å²) in [4.78, 5) is 12.1. The van der Waals surface area contributed by atoms with Crippen molar-refractivity contribution in [2.24, 2.45) is 0 Å². The van der Waals surface area contributed by atoms with E-state index < -0.39 is 0 Å². The summed E-state index contributed by atoms with van der Waals surface area (Å²) in [5.74, 6) is 2.36. The van der Waals surface area contributed by atoms with Gasteiger partial charge in [0.25, 0.3) is 0 Å². The molecule has 2 heterocycles. The molecule has 148 valence electrons. The number of fused-ring (bicyclic) bond motifs is 1. The average Bonchev–Trinajstić information content (AvgIpc) is 3.24. The molecule has 2 aromatic carbocycles. The third-order valence-electron chi connectivity index (χ3n) is 4.33. The molecule has 0 fully saturated rings. The predicted molar refractivity (Wildman–Crippen MR) is 109 cm³/mol. The molecule has 8 heteroatoms. The van der Waals surface area contributed by atoms with Gasteiger partial charge in [-0.1, -0.05) is 30.0 Å². The van der Waals surface area contributed by atoms with Gasteiger partial charge in [-0.05, 0) is 36.4 Å². The van der Waals surface area contributed by atoms with Gasteiger partial charge in [-0.25, -0.2) is 0 Å². The fourth-order valence-electron chi connectivity index (χ4n) is 2.84. The smallest absolute Gasteiger partial charge is 0.231 e. The van der Waals surface area contributed by atoms with Crippen molar-refractivity contribution in [2.75, 3.05) is 19.7 Å². The van der Waals surface area contributed by atoms with Gasteiger partial charge in [0.2, 0.25) is 12.7 Å². The molecule has 0 saturated heterocycles. The van der Waals surface area contributed by atoms with Crippen LogP contribution in [-0.2, 0) is 11.3 Å². The largest absolute Gasteiger partial charge is 0.496 e. The highest BCUT2D eigenvalue weighted by Gasteiger charge is 2.14. The Morgan fingerprint density at radius 3 is 2.79 bits per heavy atom. The molecular weight excluding hydrogens is 390 g/mol. The highest BCUT2D eigenvalue weighted by molar-refractivity contribution is 7.99. The second kappa shape index (κ2) is 8.83. The Morgan fingerprint density at radius 2 is 1.97 bits per heavy atom. The van der Waals surface area contributed by atoms with Gasteiger partial charge >= 0.3 is 0 Å². The molecule has 0 unspecified atom stereocenters. The lowest BCUT2D eigenvalue weighted by Crippen LogP contribution is -2.24. The first-order valence-corrected chi connectivity index (χ1v) is 9.96. The lowest BCUT2D eigenvalue weighted by molar-refractivity contribution is -0.118. The van der Waals surface area contributed by atoms with Crippen LogP contribution in [0.2, 0.25) is 0 Å². The number of nitrogens with one attached hydrogen (secondary N) is 1. The maximum atomic E-state index is 12.1. The molecular formula is C21H19N3O4S. The minimum absolute atomic E-state index is 0.0810. The second-order valence-corrected chi connectivity index (χ2v) is 7.20. The van der Waals surface area contributed by atoms with E-state index in [4.69, 9.17) is 14.2 Å². The van der Waals surface area contributed by atoms with Gasteiger partial charge in [0.15, 0.2) is 11.5 Å². The Balaban J connectivity index is 1.30. The monoisotopic (exact) mass is 409 g/mol. The molecule has 0 bridgehead atoms. The number of hydrogen-bond donors (Lipinski definition) is 1. The number of aromatic nitrogens is 2. The van der Waals surface area contributed by atoms with E-state index in [-0.39, 0.29) is 18.5 Å². The Bertz CT molecular complexity index is 1010. The number of carbonyl (C=O) groups excluding carboxylic acids is 1. The number of ether oxygens (including phenoxy) is 3. The van der Waals surface area contributed by atoms with Crippen LogP contribution >= 0.6 is 11.8 Å². The molecule has 0 aliphatic carbocycles. The Labute approximate surface area is 172 Å². The van der Waals surface area contributed by atoms with Gasteiger partial charge in [-0.2, -0.15) is 0 Å². The standard InChI is InChI=1S/C21H19N3O4S/c1-26-17-5-3-2-4-15(17)11-22-20(25)12-29-21-9-7-16(23-24-21)14-6-8-18-19(10-14)28-13-27-18/h2-10H,11-13H2,1H3,(H,22,25). The number of methoxy groups -OCH3 is 1. The van der Waals surface area contributed by atoms with Crippen LogP contribution in [0.5, 0.6) is 17.2 Å². The fraction of sp³-hybridized carbons (Fsp3) is 0.190. The summed E-state index contributed by atoms with van der Waals surface area (Å²) in [6.45, 7) is 0.650. The van der Waals surface area contributed by atoms with Crippen molar-refractivity contribution in [1.29, 1.82) is 0 Å². The molecule has 4 rings (SSSR count). The van der Waals surface area contributed by atoms with Crippen LogP contribution in [0.1, 0.15) is 5.56 Å². The second-order valence-electron chi connectivity index (χ2n) is 6.20. The topological polar surface area (TPSA) is 82.6 Å². The van der Waals surface area contributed by atoms with Crippen molar-refractivity contribution in [3.63, 3.8) is 0 Å². The van der Waals surface area contributed by atoms with Crippen LogP contribution in [0, 0.1) is 0 Å². The van der Waals surface area contributed by atoms with E-state index in [0.29, 0.717) is 17.3 Å². The summed E-state index contributed by atoms with van der Waals surface area (Å²) in [6.07, 6.45) is 0. The van der Waals surface area contributed by atoms with E-state index >= 15 is 0 Å². The number of para-hydroxylation sites is 1. The van der Waals surface area contributed by atoms with Crippen molar-refractivity contribution < 1.29 is 19.0 Å². The Kier molecular flexibility index (Phi) is 5.81. The van der Waals surface area contributed by atoms with Gasteiger partial charge in [-0.15, -0.1) is 10.2 Å². The Hall–Kier alpha value is -3.26. The van der Waals surface area contributed by atoms with E-state index in [9.17, 15) is 4.79 Å².